The van der Waals surface area contributed by atoms with Crippen LogP contribution >= 0.6 is 11.3 Å². The SMILES string of the molecule is Cc1ccc(-c2nc(NC(=O)C=CC(=O)O)sc2C)cc1. The minimum absolute atomic E-state index is 0.447. The van der Waals surface area contributed by atoms with E-state index >= 15 is 0 Å². The summed E-state index contributed by atoms with van der Waals surface area (Å²) in [5.41, 5.74) is 2.97. The molecule has 0 atom stereocenters. The van der Waals surface area contributed by atoms with Gasteiger partial charge in [0.1, 0.15) is 0 Å². The van der Waals surface area contributed by atoms with Gasteiger partial charge in [0.2, 0.25) is 5.91 Å². The van der Waals surface area contributed by atoms with Crippen molar-refractivity contribution in [3.05, 3.63) is 46.9 Å². The summed E-state index contributed by atoms with van der Waals surface area (Å²) >= 11 is 1.35. The summed E-state index contributed by atoms with van der Waals surface area (Å²) in [6.07, 6.45) is 1.75. The lowest BCUT2D eigenvalue weighted by Crippen LogP contribution is -2.08. The molecule has 0 aliphatic heterocycles. The van der Waals surface area contributed by atoms with Gasteiger partial charge in [0, 0.05) is 22.6 Å². The zero-order valence-electron chi connectivity index (χ0n) is 11.6. The Morgan fingerprint density at radius 2 is 1.86 bits per heavy atom. The quantitative estimate of drug-likeness (QED) is 0.851. The third kappa shape index (κ3) is 4.00. The molecule has 0 radical (unpaired) electrons. The maximum Gasteiger partial charge on any atom is 0.328 e. The maximum absolute atomic E-state index is 11.5. The number of thiazole rings is 1. The Morgan fingerprint density at radius 3 is 2.48 bits per heavy atom. The number of hydrogen-bond donors (Lipinski definition) is 2. The normalized spacial score (nSPS) is 10.8. The van der Waals surface area contributed by atoms with Crippen LogP contribution in [0.3, 0.4) is 0 Å². The fourth-order valence-corrected chi connectivity index (χ4v) is 2.56. The van der Waals surface area contributed by atoms with Gasteiger partial charge in [-0.15, -0.1) is 11.3 Å². The highest BCUT2D eigenvalue weighted by atomic mass is 32.1. The molecule has 5 nitrogen and oxygen atoms in total. The van der Waals surface area contributed by atoms with Gasteiger partial charge in [0.15, 0.2) is 5.13 Å². The molecule has 0 aliphatic carbocycles. The summed E-state index contributed by atoms with van der Waals surface area (Å²) in [6.45, 7) is 3.94. The third-order valence-electron chi connectivity index (χ3n) is 2.73. The minimum atomic E-state index is -1.17. The molecule has 2 N–H and O–H groups in total. The van der Waals surface area contributed by atoms with E-state index < -0.39 is 11.9 Å². The number of carboxylic acids is 1. The van der Waals surface area contributed by atoms with E-state index in [1.165, 1.54) is 16.9 Å². The van der Waals surface area contributed by atoms with Crippen molar-refractivity contribution < 1.29 is 14.7 Å². The van der Waals surface area contributed by atoms with E-state index in [-0.39, 0.29) is 0 Å². The van der Waals surface area contributed by atoms with Gasteiger partial charge < -0.3 is 5.11 Å². The van der Waals surface area contributed by atoms with E-state index in [0.29, 0.717) is 5.13 Å². The summed E-state index contributed by atoms with van der Waals surface area (Å²) in [5, 5.41) is 11.5. The summed E-state index contributed by atoms with van der Waals surface area (Å²) in [7, 11) is 0. The summed E-state index contributed by atoms with van der Waals surface area (Å²) in [5.74, 6) is -1.68. The predicted octanol–water partition coefficient (Wildman–Crippen LogP) is 3.01. The smallest absolute Gasteiger partial charge is 0.328 e. The number of nitrogens with zero attached hydrogens (tertiary/aromatic N) is 1. The van der Waals surface area contributed by atoms with Gasteiger partial charge in [-0.05, 0) is 13.8 Å². The number of benzene rings is 1. The van der Waals surface area contributed by atoms with Gasteiger partial charge in [-0.2, -0.15) is 0 Å². The van der Waals surface area contributed by atoms with Crippen molar-refractivity contribution >= 4 is 28.3 Å². The van der Waals surface area contributed by atoms with Crippen LogP contribution in [0.1, 0.15) is 10.4 Å². The highest BCUT2D eigenvalue weighted by molar-refractivity contribution is 7.16. The molecule has 1 aromatic carbocycles. The third-order valence-corrected chi connectivity index (χ3v) is 3.62. The molecule has 0 bridgehead atoms. The fraction of sp³-hybridized carbons (Fsp3) is 0.133. The van der Waals surface area contributed by atoms with Gasteiger partial charge >= 0.3 is 5.97 Å². The maximum atomic E-state index is 11.5. The zero-order valence-corrected chi connectivity index (χ0v) is 12.4. The van der Waals surface area contributed by atoms with Gasteiger partial charge in [-0.25, -0.2) is 9.78 Å². The number of carboxylic acid groups (broad SMARTS) is 1. The average Bonchev–Trinajstić information content (AvgIpc) is 2.78. The number of rotatable bonds is 4. The van der Waals surface area contributed by atoms with Crippen molar-refractivity contribution in [2.24, 2.45) is 0 Å². The van der Waals surface area contributed by atoms with Crippen molar-refractivity contribution in [3.63, 3.8) is 0 Å². The summed E-state index contributed by atoms with van der Waals surface area (Å²) in [4.78, 5) is 27.2. The highest BCUT2D eigenvalue weighted by Gasteiger charge is 2.11. The molecule has 6 heteroatoms. The van der Waals surface area contributed by atoms with Crippen molar-refractivity contribution in [1.29, 1.82) is 0 Å². The second-order valence-electron chi connectivity index (χ2n) is 4.45. The van der Waals surface area contributed by atoms with Crippen LogP contribution in [-0.2, 0) is 9.59 Å². The molecule has 0 saturated carbocycles. The molecule has 0 saturated heterocycles. The molecule has 2 aromatic rings. The van der Waals surface area contributed by atoms with E-state index in [4.69, 9.17) is 5.11 Å². The number of carbonyl (C=O) groups excluding carboxylic acids is 1. The van der Waals surface area contributed by atoms with Gasteiger partial charge in [0.05, 0.1) is 5.69 Å². The summed E-state index contributed by atoms with van der Waals surface area (Å²) < 4.78 is 0. The number of amides is 1. The monoisotopic (exact) mass is 302 g/mol. The second kappa shape index (κ2) is 6.32. The topological polar surface area (TPSA) is 79.3 Å². The standard InChI is InChI=1S/C15H14N2O3S/c1-9-3-5-11(6-4-9)14-10(2)21-15(17-14)16-12(18)7-8-13(19)20/h3-8H,1-2H3,(H,19,20)(H,16,17,18). The van der Waals surface area contributed by atoms with Crippen LogP contribution in [0.15, 0.2) is 36.4 Å². The Kier molecular flexibility index (Phi) is 4.49. The van der Waals surface area contributed by atoms with Crippen LogP contribution in [0.5, 0.6) is 0 Å². The number of nitrogens with one attached hydrogen (secondary N) is 1. The van der Waals surface area contributed by atoms with Crippen LogP contribution in [0.2, 0.25) is 0 Å². The molecular weight excluding hydrogens is 288 g/mol. The van der Waals surface area contributed by atoms with Crippen LogP contribution in [0.25, 0.3) is 11.3 Å². The Labute approximate surface area is 126 Å². The Morgan fingerprint density at radius 1 is 1.19 bits per heavy atom. The van der Waals surface area contributed by atoms with Crippen LogP contribution in [0, 0.1) is 13.8 Å². The molecular formula is C15H14N2O3S. The second-order valence-corrected chi connectivity index (χ2v) is 5.65. The summed E-state index contributed by atoms with van der Waals surface area (Å²) in [6, 6.07) is 7.96. The van der Waals surface area contributed by atoms with Gasteiger partial charge in [-0.1, -0.05) is 29.8 Å². The molecule has 21 heavy (non-hydrogen) atoms. The number of anilines is 1. The van der Waals surface area contributed by atoms with Crippen molar-refractivity contribution in [1.82, 2.24) is 4.98 Å². The van der Waals surface area contributed by atoms with Crippen molar-refractivity contribution in [3.8, 4) is 11.3 Å². The molecule has 1 heterocycles. The van der Waals surface area contributed by atoms with Crippen molar-refractivity contribution in [2.45, 2.75) is 13.8 Å². The van der Waals surface area contributed by atoms with Crippen molar-refractivity contribution in [2.75, 3.05) is 5.32 Å². The molecule has 0 fully saturated rings. The zero-order chi connectivity index (χ0) is 15.4. The molecule has 108 valence electrons. The lowest BCUT2D eigenvalue weighted by atomic mass is 10.1. The van der Waals surface area contributed by atoms with Crippen LogP contribution in [0.4, 0.5) is 5.13 Å². The number of carbonyl (C=O) groups is 2. The van der Waals surface area contributed by atoms with E-state index in [0.717, 1.165) is 28.3 Å². The molecule has 0 unspecified atom stereocenters. The molecule has 0 aliphatic rings. The largest absolute Gasteiger partial charge is 0.478 e. The van der Waals surface area contributed by atoms with E-state index in [9.17, 15) is 9.59 Å². The average molecular weight is 302 g/mol. The van der Waals surface area contributed by atoms with Crippen LogP contribution < -0.4 is 5.32 Å². The van der Waals surface area contributed by atoms with E-state index in [2.05, 4.69) is 10.3 Å². The Hall–Kier alpha value is -2.47. The first-order chi connectivity index (χ1) is 9.95. The lowest BCUT2D eigenvalue weighted by Gasteiger charge is -1.99. The highest BCUT2D eigenvalue weighted by Crippen LogP contribution is 2.30. The molecule has 1 amide bonds. The van der Waals surface area contributed by atoms with E-state index in [1.54, 1.807) is 0 Å². The first kappa shape index (κ1) is 14.9. The number of aryl methyl sites for hydroxylation is 2. The fourth-order valence-electron chi connectivity index (χ4n) is 1.72. The number of aromatic nitrogens is 1. The van der Waals surface area contributed by atoms with Gasteiger partial charge in [-0.3, -0.25) is 10.1 Å². The minimum Gasteiger partial charge on any atom is -0.478 e. The Bertz CT molecular complexity index is 702. The Balaban J connectivity index is 2.17. The number of hydrogen-bond acceptors (Lipinski definition) is 4. The lowest BCUT2D eigenvalue weighted by molar-refractivity contribution is -0.131. The molecule has 0 spiro atoms. The number of aliphatic carboxylic acids is 1. The predicted molar refractivity (Wildman–Crippen MR) is 82.4 cm³/mol. The van der Waals surface area contributed by atoms with Gasteiger partial charge in [0.25, 0.3) is 0 Å². The molecule has 1 aromatic heterocycles. The van der Waals surface area contributed by atoms with E-state index in [1.807, 2.05) is 38.1 Å². The van der Waals surface area contributed by atoms with Crippen LogP contribution in [-0.4, -0.2) is 22.0 Å². The first-order valence-corrected chi connectivity index (χ1v) is 7.04. The molecule has 2 rings (SSSR count). The first-order valence-electron chi connectivity index (χ1n) is 6.22.